The Morgan fingerprint density at radius 2 is 1.12 bits per heavy atom. The van der Waals surface area contributed by atoms with E-state index in [0.717, 1.165) is 11.1 Å². The van der Waals surface area contributed by atoms with Gasteiger partial charge in [-0.3, -0.25) is 34.6 Å². The lowest BCUT2D eigenvalue weighted by Crippen LogP contribution is -2.56. The van der Waals surface area contributed by atoms with E-state index < -0.39 is 70.0 Å². The molecule has 0 bridgehead atoms. The van der Waals surface area contributed by atoms with Crippen LogP contribution in [0.3, 0.4) is 0 Å². The van der Waals surface area contributed by atoms with Gasteiger partial charge >= 0.3 is 24.2 Å². The van der Waals surface area contributed by atoms with Gasteiger partial charge in [0, 0.05) is 37.5 Å². The van der Waals surface area contributed by atoms with Gasteiger partial charge in [-0.15, -0.1) is 0 Å². The minimum atomic E-state index is -2.23. The Balaban J connectivity index is 1.15. The number of unbranched alkanes of at least 4 members (excludes halogenated alkanes) is 2. The highest BCUT2D eigenvalue weighted by atomic mass is 28.4. The van der Waals surface area contributed by atoms with Crippen molar-refractivity contribution in [1.82, 2.24) is 20.4 Å². The Morgan fingerprint density at radius 1 is 0.646 bits per heavy atom. The summed E-state index contributed by atoms with van der Waals surface area (Å²) in [6, 6.07) is 10.1. The lowest BCUT2D eigenvalue weighted by molar-refractivity contribution is -0.167. The molecule has 99 heavy (non-hydrogen) atoms. The van der Waals surface area contributed by atoms with E-state index in [4.69, 9.17) is 47.7 Å². The topological polar surface area (TPSA) is 312 Å². The average Bonchev–Trinajstić information content (AvgIpc) is 1.51. The smallest absolute Gasteiger partial charge is 0.411 e. The van der Waals surface area contributed by atoms with Crippen LogP contribution in [0.2, 0.25) is 36.3 Å². The molecule has 25 nitrogen and oxygen atoms in total. The zero-order valence-electron chi connectivity index (χ0n) is 59.9. The quantitative estimate of drug-likeness (QED) is 0.00796. The van der Waals surface area contributed by atoms with Crippen LogP contribution in [-0.4, -0.2) is 166 Å². The lowest BCUT2D eigenvalue weighted by Gasteiger charge is -2.38. The summed E-state index contributed by atoms with van der Waals surface area (Å²) < 4.78 is 53.6. The number of nitrogens with zero attached hydrogens (tertiary/aromatic N) is 2. The molecule has 27 heteroatoms. The van der Waals surface area contributed by atoms with Gasteiger partial charge in [0.05, 0.1) is 75.2 Å². The molecular formula is C72H104N8O17Si2. The predicted octanol–water partition coefficient (Wildman–Crippen LogP) is 12.2. The second-order valence-electron chi connectivity index (χ2n) is 28.3. The van der Waals surface area contributed by atoms with Crippen molar-refractivity contribution in [2.75, 3.05) is 89.4 Å². The molecule has 3 aliphatic rings. The maximum absolute atomic E-state index is 14.9. The molecule has 1 saturated carbocycles. The Kier molecular flexibility index (Phi) is 28.4. The molecule has 1 aliphatic carbocycles. The van der Waals surface area contributed by atoms with Crippen LogP contribution in [0.25, 0.3) is 0 Å². The molecule has 0 radical (unpaired) electrons. The van der Waals surface area contributed by atoms with Gasteiger partial charge in [-0.2, -0.15) is 0 Å². The molecule has 3 atom stereocenters. The molecule has 542 valence electrons. The van der Waals surface area contributed by atoms with Crippen LogP contribution in [0, 0.1) is 5.41 Å². The van der Waals surface area contributed by atoms with Crippen molar-refractivity contribution < 1.29 is 80.4 Å². The van der Waals surface area contributed by atoms with E-state index in [1.807, 2.05) is 0 Å². The van der Waals surface area contributed by atoms with Crippen molar-refractivity contribution in [2.24, 2.45) is 11.1 Å². The number of nitrogens with one attached hydrogen (secondary N) is 5. The number of hydrogen-bond acceptors (Lipinski definition) is 17. The molecule has 3 aromatic carbocycles. The monoisotopic (exact) mass is 1410 g/mol. The number of methoxy groups -OCH3 is 2. The fraction of sp³-hybridized carbons (Fsp3) is 0.528. The molecule has 0 spiro atoms. The molecule has 8 amide bonds. The summed E-state index contributed by atoms with van der Waals surface area (Å²) in [5, 5.41) is 13.4. The Morgan fingerprint density at radius 3 is 1.56 bits per heavy atom. The first-order valence-electron chi connectivity index (χ1n) is 33.6. The summed E-state index contributed by atoms with van der Waals surface area (Å²) in [4.78, 5) is 112. The third-order valence-corrected chi connectivity index (χ3v) is 27.9. The minimum Gasteiger partial charge on any atom is -0.493 e. The maximum Gasteiger partial charge on any atom is 0.411 e. The van der Waals surface area contributed by atoms with E-state index in [-0.39, 0.29) is 152 Å². The van der Waals surface area contributed by atoms with Gasteiger partial charge in [-0.1, -0.05) is 110 Å². The van der Waals surface area contributed by atoms with Crippen LogP contribution < -0.4 is 51.3 Å². The van der Waals surface area contributed by atoms with Crippen molar-refractivity contribution in [3.63, 3.8) is 0 Å². The maximum atomic E-state index is 14.9. The highest BCUT2D eigenvalue weighted by molar-refractivity contribution is 6.74. The minimum absolute atomic E-state index is 0.0390. The first-order valence-corrected chi connectivity index (χ1v) is 39.4. The molecule has 7 N–H and O–H groups in total. The standard InChI is InChI=1S/C72H104N8O17Si2/c1-17-32-93-66(85)72(29-23-30-72)65(84)76-55(24-22-31-74-67(73)86)62(81)75-50-27-25-49(26-28-50)44-95-69(88)78-57-41-61(59(90-12)39-54(57)64(83)80-43-48(4)37-52(80)46-97-99(15,16)71(8,9)10)92-35-21-19-20-34-91-60-40-56(77-68(87)94-33-18-2)53(38-58(60)89-11)63(82)79-42-47(3)36-51(79)45-96-98(13,14)70(5,6)7/h17-18,25-28,38-41,51-52,55H,1-4,19-24,29-37,42-46H2,5-16H3,(H,75,81)(H,76,84)(H,77,87)(H,78,88)(H3,73,74,86). The fourth-order valence-electron chi connectivity index (χ4n) is 10.8. The Hall–Kier alpha value is -8.67. The third-order valence-electron chi connectivity index (χ3n) is 18.9. The number of anilines is 3. The van der Waals surface area contributed by atoms with Crippen molar-refractivity contribution >= 4 is 81.5 Å². The number of benzene rings is 3. The first kappa shape index (κ1) is 79.3. The second kappa shape index (κ2) is 35.4. The van der Waals surface area contributed by atoms with Crippen LogP contribution in [0.5, 0.6) is 23.0 Å². The van der Waals surface area contributed by atoms with Gasteiger partial charge < -0.3 is 73.5 Å². The molecule has 3 aromatic rings. The summed E-state index contributed by atoms with van der Waals surface area (Å²) in [5.41, 5.74) is 6.93. The van der Waals surface area contributed by atoms with Crippen molar-refractivity contribution in [1.29, 1.82) is 0 Å². The van der Waals surface area contributed by atoms with Gasteiger partial charge in [0.1, 0.15) is 31.3 Å². The Labute approximate surface area is 584 Å². The summed E-state index contributed by atoms with van der Waals surface area (Å²) in [6.07, 6.45) is 5.42. The number of ether oxygens (including phenoxy) is 7. The summed E-state index contributed by atoms with van der Waals surface area (Å²) in [7, 11) is -1.48. The number of primary amides is 1. The number of rotatable bonds is 35. The molecule has 2 aliphatic heterocycles. The molecule has 3 fully saturated rings. The zero-order valence-corrected chi connectivity index (χ0v) is 61.9. The fourth-order valence-corrected chi connectivity index (χ4v) is 12.8. The number of urea groups is 1. The molecular weight excluding hydrogens is 1310 g/mol. The van der Waals surface area contributed by atoms with Crippen molar-refractivity contribution in [3.05, 3.63) is 115 Å². The Bertz CT molecular complexity index is 3430. The SMILES string of the molecule is C=CCOC(=O)Nc1cc(OCCCCCOc2cc(NC(=O)OCc3ccc(NC(=O)C(CCCNC(N)=O)NC(=O)C4(C(=O)OCC=C)CCC4)cc3)c(C(=O)N3CC(=C)CC3CO[Si](C)(C)C(C)(C)C)cc2OC)c(OC)cc1C(=O)N1CC(=C)CC1CO[Si](C)(C)C(C)(C)C. The number of likely N-dealkylation sites (tertiary alicyclic amines) is 2. The number of hydrogen-bond donors (Lipinski definition) is 6. The van der Waals surface area contributed by atoms with E-state index in [1.165, 1.54) is 38.5 Å². The van der Waals surface area contributed by atoms with E-state index in [0.29, 0.717) is 62.9 Å². The largest absolute Gasteiger partial charge is 0.493 e. The highest BCUT2D eigenvalue weighted by Crippen LogP contribution is 2.44. The predicted molar refractivity (Wildman–Crippen MR) is 385 cm³/mol. The van der Waals surface area contributed by atoms with E-state index >= 15 is 0 Å². The molecule has 6 rings (SSSR count). The lowest BCUT2D eigenvalue weighted by atomic mass is 9.68. The van der Waals surface area contributed by atoms with E-state index in [9.17, 15) is 38.4 Å². The number of amides is 8. The summed E-state index contributed by atoms with van der Waals surface area (Å²) >= 11 is 0. The number of carbonyl (C=O) groups is 8. The number of nitrogens with two attached hydrogens (primary N) is 1. The molecule has 0 aromatic heterocycles. The molecule has 3 unspecified atom stereocenters. The first-order chi connectivity index (χ1) is 46.7. The van der Waals surface area contributed by atoms with Crippen LogP contribution >= 0.6 is 0 Å². The van der Waals surface area contributed by atoms with Gasteiger partial charge in [0.25, 0.3) is 11.8 Å². The number of carbonyl (C=O) groups excluding carboxylic acids is 8. The van der Waals surface area contributed by atoms with Crippen molar-refractivity contribution in [2.45, 2.75) is 167 Å². The normalized spacial score (nSPS) is 16.3. The van der Waals surface area contributed by atoms with E-state index in [1.54, 1.807) is 46.2 Å². The second-order valence-corrected chi connectivity index (χ2v) is 37.9. The van der Waals surface area contributed by atoms with Gasteiger partial charge in [-0.25, -0.2) is 14.4 Å². The third kappa shape index (κ3) is 21.7. The highest BCUT2D eigenvalue weighted by Gasteiger charge is 2.53. The van der Waals surface area contributed by atoms with E-state index in [2.05, 4.69) is 121 Å². The van der Waals surface area contributed by atoms with Gasteiger partial charge in [0.2, 0.25) is 11.8 Å². The summed E-state index contributed by atoms with van der Waals surface area (Å²) in [6.45, 7) is 38.5. The molecule has 2 saturated heterocycles. The van der Waals surface area contributed by atoms with Crippen LogP contribution in [-0.2, 0) is 44.1 Å². The van der Waals surface area contributed by atoms with Crippen molar-refractivity contribution in [3.8, 4) is 23.0 Å². The van der Waals surface area contributed by atoms with Crippen LogP contribution in [0.15, 0.2) is 98.1 Å². The molecule has 2 heterocycles. The summed E-state index contributed by atoms with van der Waals surface area (Å²) in [5.74, 6) is -1.66. The zero-order chi connectivity index (χ0) is 73.0. The van der Waals surface area contributed by atoms with Crippen LogP contribution in [0.4, 0.5) is 31.4 Å². The average molecular weight is 1410 g/mol. The van der Waals surface area contributed by atoms with Crippen LogP contribution in [0.1, 0.15) is 132 Å². The number of esters is 1. The van der Waals surface area contributed by atoms with Gasteiger partial charge in [0.15, 0.2) is 39.6 Å². The van der Waals surface area contributed by atoms with Gasteiger partial charge in [-0.05, 0) is 124 Å².